The van der Waals surface area contributed by atoms with Gasteiger partial charge in [0, 0.05) is 24.9 Å². The molecule has 0 atom stereocenters. The Bertz CT molecular complexity index is 444. The van der Waals surface area contributed by atoms with Gasteiger partial charge in [-0.05, 0) is 49.8 Å². The van der Waals surface area contributed by atoms with Crippen LogP contribution < -0.4 is 5.32 Å². The van der Waals surface area contributed by atoms with Gasteiger partial charge in [-0.2, -0.15) is 0 Å². The SMILES string of the molecule is CCc1cccc(NC(=O)N(CCCCO)C2CC2)c1. The summed E-state index contributed by atoms with van der Waals surface area (Å²) in [6, 6.07) is 8.37. The van der Waals surface area contributed by atoms with E-state index < -0.39 is 0 Å². The normalized spacial score (nSPS) is 14.1. The zero-order valence-corrected chi connectivity index (χ0v) is 12.1. The molecule has 1 saturated carbocycles. The summed E-state index contributed by atoms with van der Waals surface area (Å²) in [5, 5.41) is 11.8. The number of hydrogen-bond donors (Lipinski definition) is 2. The molecule has 0 aromatic heterocycles. The number of anilines is 1. The van der Waals surface area contributed by atoms with E-state index in [9.17, 15) is 4.79 Å². The van der Waals surface area contributed by atoms with Gasteiger partial charge in [0.25, 0.3) is 0 Å². The van der Waals surface area contributed by atoms with Crippen molar-refractivity contribution in [2.75, 3.05) is 18.5 Å². The molecule has 0 heterocycles. The van der Waals surface area contributed by atoms with Gasteiger partial charge in [0.15, 0.2) is 0 Å². The van der Waals surface area contributed by atoms with E-state index in [0.717, 1.165) is 44.3 Å². The maximum Gasteiger partial charge on any atom is 0.322 e. The van der Waals surface area contributed by atoms with Crippen molar-refractivity contribution in [2.45, 2.75) is 45.1 Å². The van der Waals surface area contributed by atoms with Crippen LogP contribution in [0.25, 0.3) is 0 Å². The Morgan fingerprint density at radius 3 is 2.85 bits per heavy atom. The molecule has 1 aromatic carbocycles. The molecule has 0 saturated heterocycles. The first-order chi connectivity index (χ1) is 9.74. The summed E-state index contributed by atoms with van der Waals surface area (Å²) in [4.78, 5) is 14.3. The Balaban J connectivity index is 1.93. The van der Waals surface area contributed by atoms with Crippen molar-refractivity contribution in [3.63, 3.8) is 0 Å². The minimum atomic E-state index is -0.0151. The van der Waals surface area contributed by atoms with Crippen LogP contribution in [0.4, 0.5) is 10.5 Å². The lowest BCUT2D eigenvalue weighted by Gasteiger charge is -2.23. The molecule has 0 unspecified atom stereocenters. The third kappa shape index (κ3) is 4.23. The molecule has 2 rings (SSSR count). The largest absolute Gasteiger partial charge is 0.396 e. The van der Waals surface area contributed by atoms with Gasteiger partial charge < -0.3 is 15.3 Å². The molecule has 110 valence electrons. The van der Waals surface area contributed by atoms with E-state index >= 15 is 0 Å². The quantitative estimate of drug-likeness (QED) is 0.752. The smallest absolute Gasteiger partial charge is 0.322 e. The average molecular weight is 276 g/mol. The van der Waals surface area contributed by atoms with Gasteiger partial charge >= 0.3 is 6.03 Å². The fourth-order valence-corrected chi connectivity index (χ4v) is 2.29. The van der Waals surface area contributed by atoms with E-state index in [4.69, 9.17) is 5.11 Å². The highest BCUT2D eigenvalue weighted by Gasteiger charge is 2.32. The second-order valence-corrected chi connectivity index (χ2v) is 5.34. The molecule has 0 aliphatic heterocycles. The van der Waals surface area contributed by atoms with Crippen LogP contribution in [0.2, 0.25) is 0 Å². The van der Waals surface area contributed by atoms with E-state index in [2.05, 4.69) is 18.3 Å². The minimum Gasteiger partial charge on any atom is -0.396 e. The zero-order valence-electron chi connectivity index (χ0n) is 12.1. The van der Waals surface area contributed by atoms with E-state index in [0.29, 0.717) is 6.04 Å². The number of aliphatic hydroxyl groups is 1. The standard InChI is InChI=1S/C16H24N2O2/c1-2-13-6-5-7-14(12-13)17-16(20)18(15-8-9-15)10-3-4-11-19/h5-7,12,15,19H,2-4,8-11H2,1H3,(H,17,20). The highest BCUT2D eigenvalue weighted by Crippen LogP contribution is 2.27. The molecule has 1 fully saturated rings. The van der Waals surface area contributed by atoms with Crippen LogP contribution in [0.5, 0.6) is 0 Å². The van der Waals surface area contributed by atoms with Crippen LogP contribution in [0.3, 0.4) is 0 Å². The second kappa shape index (κ2) is 7.29. The lowest BCUT2D eigenvalue weighted by molar-refractivity contribution is 0.204. The molecule has 0 bridgehead atoms. The van der Waals surface area contributed by atoms with Crippen LogP contribution in [-0.2, 0) is 6.42 Å². The highest BCUT2D eigenvalue weighted by atomic mass is 16.3. The maximum atomic E-state index is 12.3. The molecule has 2 N–H and O–H groups in total. The lowest BCUT2D eigenvalue weighted by atomic mass is 10.1. The number of rotatable bonds is 7. The Hall–Kier alpha value is -1.55. The fraction of sp³-hybridized carbons (Fsp3) is 0.562. The van der Waals surface area contributed by atoms with Crippen LogP contribution in [-0.4, -0.2) is 35.2 Å². The molecular weight excluding hydrogens is 252 g/mol. The molecule has 2 amide bonds. The summed E-state index contributed by atoms with van der Waals surface area (Å²) < 4.78 is 0. The maximum absolute atomic E-state index is 12.3. The van der Waals surface area contributed by atoms with E-state index in [1.807, 2.05) is 23.1 Å². The number of hydrogen-bond acceptors (Lipinski definition) is 2. The number of aryl methyl sites for hydroxylation is 1. The third-order valence-corrected chi connectivity index (χ3v) is 3.64. The third-order valence-electron chi connectivity index (χ3n) is 3.64. The van der Waals surface area contributed by atoms with Crippen molar-refractivity contribution >= 4 is 11.7 Å². The van der Waals surface area contributed by atoms with Crippen molar-refractivity contribution in [3.8, 4) is 0 Å². The number of carbonyl (C=O) groups is 1. The highest BCUT2D eigenvalue weighted by molar-refractivity contribution is 5.89. The van der Waals surface area contributed by atoms with Crippen LogP contribution in [0.1, 0.15) is 38.2 Å². The summed E-state index contributed by atoms with van der Waals surface area (Å²) >= 11 is 0. The monoisotopic (exact) mass is 276 g/mol. The Labute approximate surface area is 120 Å². The van der Waals surface area contributed by atoms with Gasteiger partial charge in [-0.25, -0.2) is 4.79 Å². The summed E-state index contributed by atoms with van der Waals surface area (Å²) in [6.07, 6.45) is 4.77. The molecule has 0 radical (unpaired) electrons. The molecule has 1 aliphatic rings. The molecule has 20 heavy (non-hydrogen) atoms. The predicted octanol–water partition coefficient (Wildman–Crippen LogP) is 3.02. The lowest BCUT2D eigenvalue weighted by Crippen LogP contribution is -2.37. The number of benzene rings is 1. The van der Waals surface area contributed by atoms with Gasteiger partial charge in [-0.3, -0.25) is 0 Å². The zero-order chi connectivity index (χ0) is 14.4. The molecule has 1 aliphatic carbocycles. The first kappa shape index (κ1) is 14.9. The summed E-state index contributed by atoms with van der Waals surface area (Å²) in [5.41, 5.74) is 2.09. The molecule has 4 nitrogen and oxygen atoms in total. The van der Waals surface area contributed by atoms with Crippen molar-refractivity contribution in [1.82, 2.24) is 4.90 Å². The van der Waals surface area contributed by atoms with Crippen LogP contribution in [0.15, 0.2) is 24.3 Å². The Kier molecular flexibility index (Phi) is 5.41. The molecule has 4 heteroatoms. The van der Waals surface area contributed by atoms with Crippen molar-refractivity contribution in [1.29, 1.82) is 0 Å². The van der Waals surface area contributed by atoms with Crippen molar-refractivity contribution in [2.24, 2.45) is 0 Å². The number of aliphatic hydroxyl groups excluding tert-OH is 1. The van der Waals surface area contributed by atoms with Gasteiger partial charge in [0.05, 0.1) is 0 Å². The number of amides is 2. The van der Waals surface area contributed by atoms with Crippen molar-refractivity contribution in [3.05, 3.63) is 29.8 Å². The van der Waals surface area contributed by atoms with E-state index in [1.165, 1.54) is 5.56 Å². The molecular formula is C16H24N2O2. The van der Waals surface area contributed by atoms with Gasteiger partial charge in [-0.15, -0.1) is 0 Å². The predicted molar refractivity (Wildman–Crippen MR) is 80.9 cm³/mol. The first-order valence-electron chi connectivity index (χ1n) is 7.52. The summed E-state index contributed by atoms with van der Waals surface area (Å²) in [6.45, 7) is 3.02. The summed E-state index contributed by atoms with van der Waals surface area (Å²) in [5.74, 6) is 0. The van der Waals surface area contributed by atoms with Crippen molar-refractivity contribution < 1.29 is 9.90 Å². The van der Waals surface area contributed by atoms with Gasteiger partial charge in [0.1, 0.15) is 0 Å². The number of nitrogens with zero attached hydrogens (tertiary/aromatic N) is 1. The minimum absolute atomic E-state index is 0.0151. The van der Waals surface area contributed by atoms with Crippen LogP contribution in [0, 0.1) is 0 Å². The Morgan fingerprint density at radius 2 is 2.20 bits per heavy atom. The second-order valence-electron chi connectivity index (χ2n) is 5.34. The number of unbranched alkanes of at least 4 members (excludes halogenated alkanes) is 1. The topological polar surface area (TPSA) is 52.6 Å². The van der Waals surface area contributed by atoms with Gasteiger partial charge in [-0.1, -0.05) is 19.1 Å². The average Bonchev–Trinajstić information content (AvgIpc) is 3.28. The first-order valence-corrected chi connectivity index (χ1v) is 7.52. The Morgan fingerprint density at radius 1 is 1.40 bits per heavy atom. The number of nitrogens with one attached hydrogen (secondary N) is 1. The van der Waals surface area contributed by atoms with Crippen LogP contribution >= 0.6 is 0 Å². The van der Waals surface area contributed by atoms with Gasteiger partial charge in [0.2, 0.25) is 0 Å². The number of carbonyl (C=O) groups excluding carboxylic acids is 1. The fourth-order valence-electron chi connectivity index (χ4n) is 2.29. The summed E-state index contributed by atoms with van der Waals surface area (Å²) in [7, 11) is 0. The van der Waals surface area contributed by atoms with E-state index in [-0.39, 0.29) is 12.6 Å². The molecule has 1 aromatic rings. The van der Waals surface area contributed by atoms with E-state index in [1.54, 1.807) is 0 Å². The molecule has 0 spiro atoms. The number of urea groups is 1.